The van der Waals surface area contributed by atoms with Crippen LogP contribution < -0.4 is 0 Å². The van der Waals surface area contributed by atoms with E-state index in [4.69, 9.17) is 11.6 Å². The molecule has 0 amide bonds. The molecule has 0 spiro atoms. The van der Waals surface area contributed by atoms with Crippen LogP contribution >= 0.6 is 11.6 Å². The van der Waals surface area contributed by atoms with Gasteiger partial charge in [-0.2, -0.15) is 18.3 Å². The number of fused-ring (bicyclic) bond motifs is 1. The van der Waals surface area contributed by atoms with Crippen molar-refractivity contribution in [1.29, 1.82) is 0 Å². The van der Waals surface area contributed by atoms with Gasteiger partial charge in [-0.1, -0.05) is 23.7 Å². The zero-order chi connectivity index (χ0) is 18.3. The normalized spacial score (nSPS) is 11.8. The number of alkyl halides is 3. The Balaban J connectivity index is 1.94. The van der Waals surface area contributed by atoms with Crippen molar-refractivity contribution in [2.24, 2.45) is 0 Å². The SMILES string of the molecule is FC(F)(F)c1cc(-c2cccnc2)nc2cc(-c3ccc(Cl)cc3)nn12. The van der Waals surface area contributed by atoms with E-state index >= 15 is 0 Å². The molecule has 4 aromatic rings. The number of halogens is 4. The molecule has 0 aliphatic heterocycles. The highest BCUT2D eigenvalue weighted by atomic mass is 35.5. The lowest BCUT2D eigenvalue weighted by atomic mass is 10.1. The minimum atomic E-state index is -4.58. The molecule has 0 radical (unpaired) electrons. The van der Waals surface area contributed by atoms with E-state index in [1.165, 1.54) is 12.3 Å². The van der Waals surface area contributed by atoms with E-state index in [9.17, 15) is 13.2 Å². The van der Waals surface area contributed by atoms with Crippen molar-refractivity contribution in [3.8, 4) is 22.5 Å². The smallest absolute Gasteiger partial charge is 0.264 e. The molecule has 4 rings (SSSR count). The molecule has 0 saturated carbocycles. The fourth-order valence-electron chi connectivity index (χ4n) is 2.60. The highest BCUT2D eigenvalue weighted by molar-refractivity contribution is 6.30. The van der Waals surface area contributed by atoms with Crippen LogP contribution in [0.25, 0.3) is 28.2 Å². The van der Waals surface area contributed by atoms with Crippen LogP contribution in [0.15, 0.2) is 60.9 Å². The maximum atomic E-state index is 13.6. The van der Waals surface area contributed by atoms with Gasteiger partial charge >= 0.3 is 6.18 Å². The number of rotatable bonds is 2. The molecule has 1 aromatic carbocycles. The molecule has 3 aromatic heterocycles. The van der Waals surface area contributed by atoms with Gasteiger partial charge in [0, 0.05) is 34.6 Å². The summed E-state index contributed by atoms with van der Waals surface area (Å²) in [6.07, 6.45) is -1.57. The lowest BCUT2D eigenvalue weighted by Gasteiger charge is -2.10. The van der Waals surface area contributed by atoms with Gasteiger partial charge in [0.2, 0.25) is 0 Å². The number of hydrogen-bond acceptors (Lipinski definition) is 3. The Morgan fingerprint density at radius 1 is 0.923 bits per heavy atom. The first kappa shape index (κ1) is 16.5. The molecule has 0 atom stereocenters. The zero-order valence-electron chi connectivity index (χ0n) is 13.1. The zero-order valence-corrected chi connectivity index (χ0v) is 13.8. The summed E-state index contributed by atoms with van der Waals surface area (Å²) in [6, 6.07) is 12.5. The molecule has 26 heavy (non-hydrogen) atoms. The Bertz CT molecular complexity index is 1070. The van der Waals surface area contributed by atoms with Crippen LogP contribution in [0.5, 0.6) is 0 Å². The van der Waals surface area contributed by atoms with Crippen LogP contribution in [-0.4, -0.2) is 19.6 Å². The fourth-order valence-corrected chi connectivity index (χ4v) is 2.73. The monoisotopic (exact) mass is 374 g/mol. The van der Waals surface area contributed by atoms with E-state index in [0.29, 0.717) is 21.8 Å². The van der Waals surface area contributed by atoms with E-state index < -0.39 is 11.9 Å². The molecule has 4 nitrogen and oxygen atoms in total. The van der Waals surface area contributed by atoms with Gasteiger partial charge in [0.05, 0.1) is 11.4 Å². The predicted molar refractivity (Wildman–Crippen MR) is 91.7 cm³/mol. The highest BCUT2D eigenvalue weighted by Crippen LogP contribution is 2.33. The summed E-state index contributed by atoms with van der Waals surface area (Å²) >= 11 is 5.86. The molecular weight excluding hydrogens is 365 g/mol. The van der Waals surface area contributed by atoms with Gasteiger partial charge in [0.25, 0.3) is 0 Å². The molecular formula is C18H10ClF3N4. The first-order valence-electron chi connectivity index (χ1n) is 7.56. The van der Waals surface area contributed by atoms with Crippen molar-refractivity contribution in [1.82, 2.24) is 19.6 Å². The average Bonchev–Trinajstić information content (AvgIpc) is 3.05. The molecule has 0 fully saturated rings. The summed E-state index contributed by atoms with van der Waals surface area (Å²) in [5.74, 6) is 0. The molecule has 3 heterocycles. The minimum absolute atomic E-state index is 0.101. The lowest BCUT2D eigenvalue weighted by molar-refractivity contribution is -0.142. The third-order valence-electron chi connectivity index (χ3n) is 3.81. The van der Waals surface area contributed by atoms with Crippen molar-refractivity contribution in [3.05, 3.63) is 71.6 Å². The van der Waals surface area contributed by atoms with E-state index in [1.807, 2.05) is 0 Å². The Morgan fingerprint density at radius 2 is 1.69 bits per heavy atom. The number of pyridine rings is 1. The van der Waals surface area contributed by atoms with Crippen LogP contribution in [0.2, 0.25) is 5.02 Å². The van der Waals surface area contributed by atoms with Crippen LogP contribution in [0.3, 0.4) is 0 Å². The first-order chi connectivity index (χ1) is 12.4. The van der Waals surface area contributed by atoms with E-state index in [1.54, 1.807) is 42.6 Å². The van der Waals surface area contributed by atoms with Crippen LogP contribution in [0.1, 0.15) is 5.69 Å². The highest BCUT2D eigenvalue weighted by Gasteiger charge is 2.35. The third-order valence-corrected chi connectivity index (χ3v) is 4.07. The summed E-state index contributed by atoms with van der Waals surface area (Å²) in [7, 11) is 0. The largest absolute Gasteiger partial charge is 0.433 e. The van der Waals surface area contributed by atoms with E-state index in [0.717, 1.165) is 10.6 Å². The van der Waals surface area contributed by atoms with Crippen LogP contribution in [0, 0.1) is 0 Å². The van der Waals surface area contributed by atoms with Gasteiger partial charge in [-0.05, 0) is 30.3 Å². The van der Waals surface area contributed by atoms with Crippen LogP contribution in [-0.2, 0) is 6.18 Å². The average molecular weight is 375 g/mol. The molecule has 0 aliphatic carbocycles. The van der Waals surface area contributed by atoms with Crippen molar-refractivity contribution in [2.45, 2.75) is 6.18 Å². The summed E-state index contributed by atoms with van der Waals surface area (Å²) in [4.78, 5) is 8.26. The van der Waals surface area contributed by atoms with Crippen molar-refractivity contribution in [3.63, 3.8) is 0 Å². The summed E-state index contributed by atoms with van der Waals surface area (Å²) < 4.78 is 41.5. The van der Waals surface area contributed by atoms with Crippen molar-refractivity contribution >= 4 is 17.2 Å². The Hall–Kier alpha value is -2.93. The summed E-state index contributed by atoms with van der Waals surface area (Å²) in [5.41, 5.74) is 0.902. The second-order valence-electron chi connectivity index (χ2n) is 5.57. The number of aromatic nitrogens is 4. The maximum Gasteiger partial charge on any atom is 0.433 e. The molecule has 0 bridgehead atoms. The number of nitrogens with zero attached hydrogens (tertiary/aromatic N) is 4. The molecule has 8 heteroatoms. The number of benzene rings is 1. The second-order valence-corrected chi connectivity index (χ2v) is 6.01. The second kappa shape index (κ2) is 6.10. The predicted octanol–water partition coefficient (Wildman–Crippen LogP) is 5.13. The molecule has 0 N–H and O–H groups in total. The van der Waals surface area contributed by atoms with Crippen molar-refractivity contribution in [2.75, 3.05) is 0 Å². The van der Waals surface area contributed by atoms with E-state index in [2.05, 4.69) is 15.1 Å². The van der Waals surface area contributed by atoms with E-state index in [-0.39, 0.29) is 11.3 Å². The fraction of sp³-hybridized carbons (Fsp3) is 0.0556. The lowest BCUT2D eigenvalue weighted by Crippen LogP contribution is -2.13. The Labute approximate surface area is 150 Å². The van der Waals surface area contributed by atoms with Gasteiger partial charge in [-0.3, -0.25) is 4.98 Å². The molecule has 0 saturated heterocycles. The van der Waals surface area contributed by atoms with Crippen LogP contribution in [0.4, 0.5) is 13.2 Å². The van der Waals surface area contributed by atoms with Gasteiger partial charge in [0.1, 0.15) is 0 Å². The summed E-state index contributed by atoms with van der Waals surface area (Å²) in [6.45, 7) is 0. The minimum Gasteiger partial charge on any atom is -0.264 e. The molecule has 130 valence electrons. The van der Waals surface area contributed by atoms with Gasteiger partial charge < -0.3 is 0 Å². The Kier molecular flexibility index (Phi) is 3.88. The first-order valence-corrected chi connectivity index (χ1v) is 7.94. The van der Waals surface area contributed by atoms with Crippen molar-refractivity contribution < 1.29 is 13.2 Å². The molecule has 0 unspecified atom stereocenters. The van der Waals surface area contributed by atoms with Gasteiger partial charge in [-0.25, -0.2) is 9.50 Å². The third kappa shape index (κ3) is 3.01. The topological polar surface area (TPSA) is 43.1 Å². The van der Waals surface area contributed by atoms with Gasteiger partial charge in [-0.15, -0.1) is 0 Å². The number of hydrogen-bond donors (Lipinski definition) is 0. The maximum absolute atomic E-state index is 13.6. The van der Waals surface area contributed by atoms with Gasteiger partial charge in [0.15, 0.2) is 11.3 Å². The molecule has 0 aliphatic rings. The quantitative estimate of drug-likeness (QED) is 0.488. The Morgan fingerprint density at radius 3 is 2.35 bits per heavy atom. The summed E-state index contributed by atoms with van der Waals surface area (Å²) in [5, 5.41) is 4.62. The standard InChI is InChI=1S/C18H10ClF3N4/c19-13-5-3-11(4-6-13)15-9-17-24-14(12-2-1-7-23-10-12)8-16(18(20,21)22)26(17)25-15/h1-10H.